The van der Waals surface area contributed by atoms with Crippen LogP contribution in [0.15, 0.2) is 86.7 Å². The Kier molecular flexibility index (Phi) is 11.2. The van der Waals surface area contributed by atoms with Crippen LogP contribution in [0.25, 0.3) is 0 Å². The molecule has 0 saturated carbocycles. The van der Waals surface area contributed by atoms with Crippen molar-refractivity contribution in [1.29, 1.82) is 0 Å². The number of halogens is 2. The van der Waals surface area contributed by atoms with Crippen LogP contribution >= 0.6 is 31.9 Å². The van der Waals surface area contributed by atoms with Crippen LogP contribution in [0.4, 0.5) is 0 Å². The fourth-order valence-electron chi connectivity index (χ4n) is 4.57. The summed E-state index contributed by atoms with van der Waals surface area (Å²) in [6.07, 6.45) is 3.36. The van der Waals surface area contributed by atoms with Crippen molar-refractivity contribution in [1.82, 2.24) is 10.9 Å². The third-order valence-corrected chi connectivity index (χ3v) is 8.03. The van der Waals surface area contributed by atoms with Gasteiger partial charge in [0.1, 0.15) is 5.75 Å². The van der Waals surface area contributed by atoms with Crippen LogP contribution in [-0.2, 0) is 16.0 Å². The number of hydrazine groups is 1. The zero-order chi connectivity index (χ0) is 28.4. The highest BCUT2D eigenvalue weighted by Crippen LogP contribution is 2.43. The van der Waals surface area contributed by atoms with Crippen LogP contribution in [-0.4, -0.2) is 42.2 Å². The minimum Gasteiger partial charge on any atom is -0.494 e. The van der Waals surface area contributed by atoms with Crippen molar-refractivity contribution in [3.05, 3.63) is 98.4 Å². The summed E-state index contributed by atoms with van der Waals surface area (Å²) in [5.41, 5.74) is 7.32. The van der Waals surface area contributed by atoms with E-state index in [2.05, 4.69) is 49.6 Å². The minimum absolute atomic E-state index is 0.0787. The normalized spacial score (nSPS) is 18.2. The van der Waals surface area contributed by atoms with Crippen molar-refractivity contribution in [2.24, 2.45) is 4.99 Å². The first-order valence-corrected chi connectivity index (χ1v) is 15.2. The van der Waals surface area contributed by atoms with E-state index in [9.17, 15) is 4.79 Å². The van der Waals surface area contributed by atoms with E-state index in [-0.39, 0.29) is 12.5 Å². The maximum atomic E-state index is 14.1. The number of carbonyl (C=O) groups excluding carboxylic acids is 1. The van der Waals surface area contributed by atoms with Crippen LogP contribution < -0.4 is 15.6 Å². The molecule has 9 heteroatoms. The van der Waals surface area contributed by atoms with Gasteiger partial charge in [0.2, 0.25) is 5.90 Å². The van der Waals surface area contributed by atoms with Crippen LogP contribution in [0.2, 0.25) is 0 Å². The van der Waals surface area contributed by atoms with Gasteiger partial charge in [-0.3, -0.25) is 10.2 Å². The summed E-state index contributed by atoms with van der Waals surface area (Å²) in [7, 11) is 0. The Bertz CT molecular complexity index is 1280. The third-order valence-electron chi connectivity index (χ3n) is 6.73. The maximum absolute atomic E-state index is 14.1. The molecule has 7 nitrogen and oxygen atoms in total. The average molecular weight is 673 g/mol. The number of aliphatic hydroxyl groups is 1. The van der Waals surface area contributed by atoms with Gasteiger partial charge in [-0.1, -0.05) is 82.0 Å². The van der Waals surface area contributed by atoms with E-state index in [0.717, 1.165) is 44.9 Å². The Balaban J connectivity index is 1.73. The van der Waals surface area contributed by atoms with Crippen molar-refractivity contribution in [3.63, 3.8) is 0 Å². The highest BCUT2D eigenvalue weighted by atomic mass is 79.9. The predicted octanol–water partition coefficient (Wildman–Crippen LogP) is 6.28. The summed E-state index contributed by atoms with van der Waals surface area (Å²) in [6, 6.07) is 23.1. The monoisotopic (exact) mass is 671 g/mol. The largest absolute Gasteiger partial charge is 0.494 e. The molecule has 0 aromatic heterocycles. The molecule has 0 fully saturated rings. The number of amides is 1. The highest BCUT2D eigenvalue weighted by Gasteiger charge is 2.53. The van der Waals surface area contributed by atoms with E-state index >= 15 is 0 Å². The molecule has 3 aromatic rings. The molecular weight excluding hydrogens is 638 g/mol. The molecule has 0 bridgehead atoms. The number of hydrogen-bond donors (Lipinski definition) is 3. The number of rotatable bonds is 14. The van der Waals surface area contributed by atoms with Gasteiger partial charge in [-0.25, -0.2) is 10.4 Å². The van der Waals surface area contributed by atoms with E-state index in [4.69, 9.17) is 19.6 Å². The van der Waals surface area contributed by atoms with Gasteiger partial charge in [0.15, 0.2) is 11.6 Å². The molecule has 0 saturated heterocycles. The van der Waals surface area contributed by atoms with Crippen LogP contribution in [0.1, 0.15) is 55.4 Å². The number of nitrogens with zero attached hydrogens (tertiary/aromatic N) is 1. The molecule has 0 radical (unpaired) electrons. The number of aliphatic imine (C=N–C) groups is 1. The molecule has 4 rings (SSSR count). The second kappa shape index (κ2) is 14.8. The molecule has 0 aliphatic carbocycles. The number of unbranched alkanes of at least 4 members (excludes halogenated alkanes) is 2. The summed E-state index contributed by atoms with van der Waals surface area (Å²) < 4.78 is 14.1. The number of ether oxygens (including phenoxy) is 2. The topological polar surface area (TPSA) is 92.2 Å². The number of nitrogens with one attached hydrogen (secondary N) is 2. The molecule has 3 N–H and O–H groups in total. The van der Waals surface area contributed by atoms with Gasteiger partial charge in [0, 0.05) is 40.5 Å². The van der Waals surface area contributed by atoms with Gasteiger partial charge < -0.3 is 14.6 Å². The molecule has 2 atom stereocenters. The van der Waals surface area contributed by atoms with Crippen molar-refractivity contribution in [2.75, 3.05) is 19.8 Å². The SMILES string of the molecule is CCCCCNNC(=O)[C@@]1(Cc2ccccc2Br)N=C(c2ccc(OCCCO)cc2)O[C@H]1c1ccc(Br)cc1. The van der Waals surface area contributed by atoms with Crippen LogP contribution in [0.5, 0.6) is 5.75 Å². The summed E-state index contributed by atoms with van der Waals surface area (Å²) in [5, 5.41) is 9.02. The van der Waals surface area contributed by atoms with Gasteiger partial charge >= 0.3 is 0 Å². The standard InChI is InChI=1S/C31H35Br2N3O4/c1-2-3-6-18-34-36-30(38)31(21-24-8-4-5-9-27(24)33)28(22-10-14-25(32)15-11-22)40-29(35-31)23-12-16-26(17-13-23)39-20-7-19-37/h4-5,8-17,28,34,37H,2-3,6-7,18-21H2,1H3,(H,36,38)/t28-,31-/m0/s1. The summed E-state index contributed by atoms with van der Waals surface area (Å²) in [4.78, 5) is 19.2. The number of aliphatic hydroxyl groups excluding tert-OH is 1. The summed E-state index contributed by atoms with van der Waals surface area (Å²) in [5.74, 6) is 0.823. The maximum Gasteiger partial charge on any atom is 0.266 e. The summed E-state index contributed by atoms with van der Waals surface area (Å²) >= 11 is 7.18. The number of benzene rings is 3. The predicted molar refractivity (Wildman–Crippen MR) is 164 cm³/mol. The van der Waals surface area contributed by atoms with E-state index in [1.807, 2.05) is 72.8 Å². The second-order valence-corrected chi connectivity index (χ2v) is 11.5. The van der Waals surface area contributed by atoms with E-state index in [0.29, 0.717) is 37.6 Å². The van der Waals surface area contributed by atoms with Gasteiger partial charge in [0.05, 0.1) is 6.61 Å². The highest BCUT2D eigenvalue weighted by molar-refractivity contribution is 9.10. The molecular formula is C31H35Br2N3O4. The van der Waals surface area contributed by atoms with Crippen molar-refractivity contribution >= 4 is 43.7 Å². The van der Waals surface area contributed by atoms with Crippen molar-refractivity contribution in [3.8, 4) is 5.75 Å². The molecule has 1 aliphatic rings. The fraction of sp³-hybridized carbons (Fsp3) is 0.355. The third kappa shape index (κ3) is 7.51. The van der Waals surface area contributed by atoms with E-state index in [1.165, 1.54) is 0 Å². The summed E-state index contributed by atoms with van der Waals surface area (Å²) in [6.45, 7) is 3.32. The van der Waals surface area contributed by atoms with Crippen molar-refractivity contribution in [2.45, 2.75) is 50.7 Å². The lowest BCUT2D eigenvalue weighted by molar-refractivity contribution is -0.130. The molecule has 0 spiro atoms. The lowest BCUT2D eigenvalue weighted by Gasteiger charge is -2.31. The van der Waals surface area contributed by atoms with E-state index < -0.39 is 11.6 Å². The average Bonchev–Trinajstić information content (AvgIpc) is 3.35. The molecule has 1 amide bonds. The van der Waals surface area contributed by atoms with E-state index in [1.54, 1.807) is 0 Å². The first kappa shape index (κ1) is 30.2. The Morgan fingerprint density at radius 2 is 1.77 bits per heavy atom. The molecule has 40 heavy (non-hydrogen) atoms. The number of hydrogen-bond acceptors (Lipinski definition) is 6. The van der Waals surface area contributed by atoms with Gasteiger partial charge in [0.25, 0.3) is 5.91 Å². The van der Waals surface area contributed by atoms with Crippen LogP contribution in [0.3, 0.4) is 0 Å². The Hall–Kier alpha value is -2.72. The first-order chi connectivity index (χ1) is 19.5. The Morgan fingerprint density at radius 1 is 1.02 bits per heavy atom. The fourth-order valence-corrected chi connectivity index (χ4v) is 5.26. The Labute approximate surface area is 252 Å². The molecule has 0 unspecified atom stereocenters. The number of carbonyl (C=O) groups is 1. The smallest absolute Gasteiger partial charge is 0.266 e. The second-order valence-electron chi connectivity index (χ2n) is 9.70. The molecule has 1 aliphatic heterocycles. The van der Waals surface area contributed by atoms with Gasteiger partial charge in [-0.05, 0) is 60.0 Å². The minimum atomic E-state index is -1.28. The Morgan fingerprint density at radius 3 is 2.48 bits per heavy atom. The van der Waals surface area contributed by atoms with Crippen LogP contribution in [0, 0.1) is 0 Å². The quantitative estimate of drug-likeness (QED) is 0.138. The van der Waals surface area contributed by atoms with Gasteiger partial charge in [-0.2, -0.15) is 0 Å². The molecule has 3 aromatic carbocycles. The lowest BCUT2D eigenvalue weighted by atomic mass is 9.82. The molecule has 1 heterocycles. The zero-order valence-corrected chi connectivity index (χ0v) is 25.7. The van der Waals surface area contributed by atoms with Crippen molar-refractivity contribution < 1.29 is 19.4 Å². The molecule has 212 valence electrons. The lowest BCUT2D eigenvalue weighted by Crippen LogP contribution is -2.54. The van der Waals surface area contributed by atoms with Gasteiger partial charge in [-0.15, -0.1) is 0 Å². The first-order valence-electron chi connectivity index (χ1n) is 13.6. The zero-order valence-electron chi connectivity index (χ0n) is 22.5.